The summed E-state index contributed by atoms with van der Waals surface area (Å²) in [5, 5.41) is 11.4. The number of hydrogen-bond donors (Lipinski definition) is 1. The summed E-state index contributed by atoms with van der Waals surface area (Å²) in [7, 11) is 1.68. The highest BCUT2D eigenvalue weighted by Gasteiger charge is 1.99. The standard InChI is InChI=1S/C11H14N2O/c1-14-9-11-5-3-2-4-10(11)8-13-7-6-12/h2-5,13H,7-9H2,1H3. The molecule has 0 saturated heterocycles. The van der Waals surface area contributed by atoms with E-state index in [4.69, 9.17) is 10.00 Å². The van der Waals surface area contributed by atoms with Gasteiger partial charge >= 0.3 is 0 Å². The van der Waals surface area contributed by atoms with Crippen LogP contribution < -0.4 is 5.32 Å². The van der Waals surface area contributed by atoms with E-state index >= 15 is 0 Å². The molecule has 3 nitrogen and oxygen atoms in total. The van der Waals surface area contributed by atoms with Gasteiger partial charge in [0.25, 0.3) is 0 Å². The Morgan fingerprint density at radius 2 is 2.07 bits per heavy atom. The van der Waals surface area contributed by atoms with E-state index in [1.165, 1.54) is 11.1 Å². The van der Waals surface area contributed by atoms with E-state index in [-0.39, 0.29) is 0 Å². The van der Waals surface area contributed by atoms with Crippen molar-refractivity contribution < 1.29 is 4.74 Å². The average molecular weight is 190 g/mol. The van der Waals surface area contributed by atoms with Crippen LogP contribution in [0.1, 0.15) is 11.1 Å². The van der Waals surface area contributed by atoms with E-state index in [0.717, 1.165) is 0 Å². The van der Waals surface area contributed by atoms with Crippen LogP contribution in [-0.4, -0.2) is 13.7 Å². The van der Waals surface area contributed by atoms with Crippen LogP contribution in [0.5, 0.6) is 0 Å². The Bertz CT molecular complexity index is 317. The molecule has 0 spiro atoms. The van der Waals surface area contributed by atoms with Gasteiger partial charge < -0.3 is 10.1 Å². The molecule has 0 aliphatic heterocycles. The fraction of sp³-hybridized carbons (Fsp3) is 0.364. The Hall–Kier alpha value is -1.37. The molecular formula is C11H14N2O. The van der Waals surface area contributed by atoms with Gasteiger partial charge in [0.2, 0.25) is 0 Å². The fourth-order valence-electron chi connectivity index (χ4n) is 1.28. The minimum atomic E-state index is 0.376. The van der Waals surface area contributed by atoms with Crippen molar-refractivity contribution in [1.29, 1.82) is 5.26 Å². The number of methoxy groups -OCH3 is 1. The normalized spacial score (nSPS) is 9.71. The molecule has 0 radical (unpaired) electrons. The first-order valence-electron chi connectivity index (χ1n) is 4.52. The molecule has 0 aliphatic carbocycles. The van der Waals surface area contributed by atoms with Crippen molar-refractivity contribution in [2.45, 2.75) is 13.2 Å². The third kappa shape index (κ3) is 3.17. The monoisotopic (exact) mass is 190 g/mol. The van der Waals surface area contributed by atoms with Crippen molar-refractivity contribution in [3.05, 3.63) is 35.4 Å². The van der Waals surface area contributed by atoms with Crippen molar-refractivity contribution in [3.8, 4) is 6.07 Å². The minimum Gasteiger partial charge on any atom is -0.380 e. The largest absolute Gasteiger partial charge is 0.380 e. The Labute approximate surface area is 84.3 Å². The Morgan fingerprint density at radius 1 is 1.36 bits per heavy atom. The lowest BCUT2D eigenvalue weighted by Crippen LogP contribution is -2.14. The first kappa shape index (κ1) is 10.7. The van der Waals surface area contributed by atoms with Gasteiger partial charge in [-0.1, -0.05) is 24.3 Å². The van der Waals surface area contributed by atoms with Crippen LogP contribution in [0.15, 0.2) is 24.3 Å². The quantitative estimate of drug-likeness (QED) is 0.564. The first-order valence-corrected chi connectivity index (χ1v) is 4.52. The van der Waals surface area contributed by atoms with Crippen molar-refractivity contribution in [1.82, 2.24) is 5.32 Å². The second kappa shape index (κ2) is 6.14. The van der Waals surface area contributed by atoms with Crippen molar-refractivity contribution in [3.63, 3.8) is 0 Å². The van der Waals surface area contributed by atoms with Gasteiger partial charge in [0.1, 0.15) is 0 Å². The molecule has 3 heteroatoms. The Kier molecular flexibility index (Phi) is 4.70. The minimum absolute atomic E-state index is 0.376. The van der Waals surface area contributed by atoms with E-state index in [1.807, 2.05) is 30.3 Å². The van der Waals surface area contributed by atoms with Crippen LogP contribution in [0.25, 0.3) is 0 Å². The van der Waals surface area contributed by atoms with Gasteiger partial charge in [-0.2, -0.15) is 5.26 Å². The molecule has 0 bridgehead atoms. The smallest absolute Gasteiger partial charge is 0.0843 e. The SMILES string of the molecule is COCc1ccccc1CNCC#N. The summed E-state index contributed by atoms with van der Waals surface area (Å²) in [6.07, 6.45) is 0. The number of hydrogen-bond acceptors (Lipinski definition) is 3. The molecule has 74 valence electrons. The summed E-state index contributed by atoms with van der Waals surface area (Å²) < 4.78 is 5.08. The third-order valence-electron chi connectivity index (χ3n) is 1.94. The van der Waals surface area contributed by atoms with Crippen LogP contribution in [0.2, 0.25) is 0 Å². The topological polar surface area (TPSA) is 45.0 Å². The maximum atomic E-state index is 8.38. The van der Waals surface area contributed by atoms with Crippen molar-refractivity contribution >= 4 is 0 Å². The second-order valence-electron chi connectivity index (χ2n) is 2.96. The first-order chi connectivity index (χ1) is 6.88. The maximum absolute atomic E-state index is 8.38. The van der Waals surface area contributed by atoms with Gasteiger partial charge in [0, 0.05) is 13.7 Å². The summed E-state index contributed by atoms with van der Waals surface area (Å²) in [6, 6.07) is 10.1. The number of nitrogens with zero attached hydrogens (tertiary/aromatic N) is 1. The molecule has 1 aromatic rings. The predicted octanol–water partition coefficient (Wildman–Crippen LogP) is 1.45. The third-order valence-corrected chi connectivity index (χ3v) is 1.94. The number of benzene rings is 1. The van der Waals surface area contributed by atoms with Gasteiger partial charge in [0.15, 0.2) is 0 Å². The molecule has 14 heavy (non-hydrogen) atoms. The van der Waals surface area contributed by atoms with Crippen LogP contribution in [0.3, 0.4) is 0 Å². The van der Waals surface area contributed by atoms with Crippen LogP contribution in [0, 0.1) is 11.3 Å². The zero-order valence-corrected chi connectivity index (χ0v) is 8.29. The molecule has 0 fully saturated rings. The zero-order valence-electron chi connectivity index (χ0n) is 8.29. The lowest BCUT2D eigenvalue weighted by molar-refractivity contribution is 0.184. The molecule has 0 amide bonds. The van der Waals surface area contributed by atoms with E-state index < -0.39 is 0 Å². The molecule has 1 N–H and O–H groups in total. The van der Waals surface area contributed by atoms with Crippen molar-refractivity contribution in [2.24, 2.45) is 0 Å². The fourth-order valence-corrected chi connectivity index (χ4v) is 1.28. The predicted molar refractivity (Wildman–Crippen MR) is 54.5 cm³/mol. The van der Waals surface area contributed by atoms with E-state index in [0.29, 0.717) is 19.7 Å². The van der Waals surface area contributed by atoms with Gasteiger partial charge in [-0.3, -0.25) is 0 Å². The van der Waals surface area contributed by atoms with Gasteiger partial charge in [-0.25, -0.2) is 0 Å². The van der Waals surface area contributed by atoms with E-state index in [9.17, 15) is 0 Å². The maximum Gasteiger partial charge on any atom is 0.0843 e. The molecular weight excluding hydrogens is 176 g/mol. The average Bonchev–Trinajstić information content (AvgIpc) is 2.21. The summed E-state index contributed by atoms with van der Waals surface area (Å²) in [5.41, 5.74) is 2.35. The summed E-state index contributed by atoms with van der Waals surface area (Å²) >= 11 is 0. The molecule has 0 atom stereocenters. The molecule has 0 heterocycles. The molecule has 1 rings (SSSR count). The number of rotatable bonds is 5. The number of ether oxygens (including phenoxy) is 1. The lowest BCUT2D eigenvalue weighted by atomic mass is 10.1. The van der Waals surface area contributed by atoms with Crippen molar-refractivity contribution in [2.75, 3.05) is 13.7 Å². The molecule has 0 aromatic heterocycles. The number of nitrogens with one attached hydrogen (secondary N) is 1. The second-order valence-corrected chi connectivity index (χ2v) is 2.96. The van der Waals surface area contributed by atoms with E-state index in [1.54, 1.807) is 7.11 Å². The number of nitriles is 1. The Morgan fingerprint density at radius 3 is 2.71 bits per heavy atom. The highest BCUT2D eigenvalue weighted by atomic mass is 16.5. The van der Waals surface area contributed by atoms with Crippen LogP contribution in [0.4, 0.5) is 0 Å². The highest BCUT2D eigenvalue weighted by molar-refractivity contribution is 5.26. The summed E-state index contributed by atoms with van der Waals surface area (Å²) in [6.45, 7) is 1.71. The summed E-state index contributed by atoms with van der Waals surface area (Å²) in [4.78, 5) is 0. The molecule has 0 unspecified atom stereocenters. The van der Waals surface area contributed by atoms with Gasteiger partial charge in [0.05, 0.1) is 19.2 Å². The lowest BCUT2D eigenvalue weighted by Gasteiger charge is -2.07. The van der Waals surface area contributed by atoms with Gasteiger partial charge in [-0.15, -0.1) is 0 Å². The zero-order chi connectivity index (χ0) is 10.2. The highest BCUT2D eigenvalue weighted by Crippen LogP contribution is 2.09. The van der Waals surface area contributed by atoms with Crippen LogP contribution in [-0.2, 0) is 17.9 Å². The van der Waals surface area contributed by atoms with E-state index in [2.05, 4.69) is 5.32 Å². The summed E-state index contributed by atoms with van der Waals surface area (Å²) in [5.74, 6) is 0. The van der Waals surface area contributed by atoms with Crippen LogP contribution >= 0.6 is 0 Å². The Balaban J connectivity index is 2.60. The molecule has 0 saturated carbocycles. The van der Waals surface area contributed by atoms with Gasteiger partial charge in [-0.05, 0) is 11.1 Å². The molecule has 0 aliphatic rings. The molecule has 1 aromatic carbocycles.